The number of benzene rings is 1. The summed E-state index contributed by atoms with van der Waals surface area (Å²) < 4.78 is 0. The number of thiazole rings is 1. The minimum absolute atomic E-state index is 0.119. The van der Waals surface area contributed by atoms with Gasteiger partial charge in [-0.05, 0) is 18.1 Å². The second-order valence-electron chi connectivity index (χ2n) is 7.46. The zero-order chi connectivity index (χ0) is 18.4. The maximum atomic E-state index is 13.0. The van der Waals surface area contributed by atoms with E-state index in [1.165, 1.54) is 11.3 Å². The highest BCUT2D eigenvalue weighted by Gasteiger charge is 2.34. The van der Waals surface area contributed by atoms with Crippen LogP contribution in [0.15, 0.2) is 24.3 Å². The number of fused-ring (bicyclic) bond motifs is 1. The highest BCUT2D eigenvalue weighted by Crippen LogP contribution is 2.33. The first-order valence-electron chi connectivity index (χ1n) is 8.26. The van der Waals surface area contributed by atoms with E-state index >= 15 is 0 Å². The van der Waals surface area contributed by atoms with Crippen molar-refractivity contribution in [2.45, 2.75) is 45.6 Å². The number of aliphatic carboxylic acids is 1. The van der Waals surface area contributed by atoms with Crippen molar-refractivity contribution >= 4 is 23.2 Å². The Morgan fingerprint density at radius 3 is 2.56 bits per heavy atom. The summed E-state index contributed by atoms with van der Waals surface area (Å²) >= 11 is 1.41. The fourth-order valence-electron chi connectivity index (χ4n) is 3.03. The molecular formula is C19H22N2O3S. The van der Waals surface area contributed by atoms with E-state index in [2.05, 4.69) is 25.8 Å². The quantitative estimate of drug-likeness (QED) is 0.891. The number of amides is 1. The van der Waals surface area contributed by atoms with Gasteiger partial charge in [-0.15, -0.1) is 11.3 Å². The Morgan fingerprint density at radius 1 is 1.28 bits per heavy atom. The standard InChI is InChI=1S/C19H22N2O3S/c1-11-15(25-18(20-11)19(2,3)4)16(22)21-9-12-7-5-6-8-13(12)14(10-21)17(23)24/h5-8,14H,9-10H2,1-4H3,(H,23,24). The fraction of sp³-hybridized carbons (Fsp3) is 0.421. The van der Waals surface area contributed by atoms with Gasteiger partial charge in [0.15, 0.2) is 0 Å². The molecule has 5 nitrogen and oxygen atoms in total. The van der Waals surface area contributed by atoms with Crippen LogP contribution < -0.4 is 0 Å². The van der Waals surface area contributed by atoms with E-state index in [1.54, 1.807) is 4.90 Å². The number of nitrogens with zero attached hydrogens (tertiary/aromatic N) is 2. The third kappa shape index (κ3) is 3.31. The summed E-state index contributed by atoms with van der Waals surface area (Å²) in [6.45, 7) is 8.66. The monoisotopic (exact) mass is 358 g/mol. The molecular weight excluding hydrogens is 336 g/mol. The molecule has 2 aromatic rings. The van der Waals surface area contributed by atoms with E-state index in [0.717, 1.165) is 16.1 Å². The number of carboxylic acid groups (broad SMARTS) is 1. The van der Waals surface area contributed by atoms with E-state index in [1.807, 2.05) is 31.2 Å². The van der Waals surface area contributed by atoms with Gasteiger partial charge in [-0.3, -0.25) is 9.59 Å². The molecule has 0 spiro atoms. The van der Waals surface area contributed by atoms with E-state index < -0.39 is 11.9 Å². The Balaban J connectivity index is 1.94. The van der Waals surface area contributed by atoms with E-state index in [-0.39, 0.29) is 17.9 Å². The summed E-state index contributed by atoms with van der Waals surface area (Å²) in [4.78, 5) is 31.5. The minimum Gasteiger partial charge on any atom is -0.481 e. The molecule has 2 heterocycles. The predicted molar refractivity (Wildman–Crippen MR) is 97.1 cm³/mol. The molecule has 1 atom stereocenters. The Hall–Kier alpha value is -2.21. The molecule has 3 rings (SSSR count). The number of rotatable bonds is 2. The molecule has 132 valence electrons. The number of aromatic nitrogens is 1. The number of hydrogen-bond acceptors (Lipinski definition) is 4. The summed E-state index contributed by atoms with van der Waals surface area (Å²) in [7, 11) is 0. The molecule has 25 heavy (non-hydrogen) atoms. The summed E-state index contributed by atoms with van der Waals surface area (Å²) in [5.41, 5.74) is 2.29. The predicted octanol–water partition coefficient (Wildman–Crippen LogP) is 3.57. The van der Waals surface area contributed by atoms with Gasteiger partial charge in [-0.1, -0.05) is 45.0 Å². The van der Waals surface area contributed by atoms with Gasteiger partial charge in [0.1, 0.15) is 4.88 Å². The lowest BCUT2D eigenvalue weighted by Gasteiger charge is -2.32. The fourth-order valence-corrected chi connectivity index (χ4v) is 4.12. The number of carboxylic acids is 1. The molecule has 1 aliphatic rings. The molecule has 1 unspecified atom stereocenters. The van der Waals surface area contributed by atoms with Crippen molar-refractivity contribution in [3.63, 3.8) is 0 Å². The van der Waals surface area contributed by atoms with Gasteiger partial charge in [0.25, 0.3) is 5.91 Å². The summed E-state index contributed by atoms with van der Waals surface area (Å²) in [6.07, 6.45) is 0. The van der Waals surface area contributed by atoms with Crippen molar-refractivity contribution in [2.75, 3.05) is 6.54 Å². The highest BCUT2D eigenvalue weighted by atomic mass is 32.1. The van der Waals surface area contributed by atoms with Crippen molar-refractivity contribution < 1.29 is 14.7 Å². The molecule has 0 bridgehead atoms. The van der Waals surface area contributed by atoms with Gasteiger partial charge in [0.2, 0.25) is 0 Å². The van der Waals surface area contributed by atoms with Crippen LogP contribution in [0.2, 0.25) is 0 Å². The van der Waals surface area contributed by atoms with E-state index in [9.17, 15) is 14.7 Å². The Labute approximate surface area is 151 Å². The topological polar surface area (TPSA) is 70.5 Å². The Kier molecular flexibility index (Phi) is 4.41. The lowest BCUT2D eigenvalue weighted by atomic mass is 9.89. The average molecular weight is 358 g/mol. The molecule has 1 aromatic carbocycles. The molecule has 1 aliphatic heterocycles. The number of hydrogen-bond donors (Lipinski definition) is 1. The first kappa shape index (κ1) is 17.6. The van der Waals surface area contributed by atoms with Crippen LogP contribution in [0, 0.1) is 6.92 Å². The summed E-state index contributed by atoms with van der Waals surface area (Å²) in [5, 5.41) is 10.5. The van der Waals surface area contributed by atoms with Crippen LogP contribution in [0.3, 0.4) is 0 Å². The van der Waals surface area contributed by atoms with Crippen LogP contribution in [0.5, 0.6) is 0 Å². The van der Waals surface area contributed by atoms with Gasteiger partial charge in [0, 0.05) is 18.5 Å². The van der Waals surface area contributed by atoms with Gasteiger partial charge in [-0.25, -0.2) is 4.98 Å². The van der Waals surface area contributed by atoms with Crippen molar-refractivity contribution in [3.8, 4) is 0 Å². The second-order valence-corrected chi connectivity index (χ2v) is 8.46. The third-order valence-corrected chi connectivity index (χ3v) is 5.98. The van der Waals surface area contributed by atoms with Crippen LogP contribution in [-0.2, 0) is 16.8 Å². The molecule has 1 amide bonds. The Morgan fingerprint density at radius 2 is 1.96 bits per heavy atom. The van der Waals surface area contributed by atoms with Crippen LogP contribution in [-0.4, -0.2) is 33.4 Å². The zero-order valence-corrected chi connectivity index (χ0v) is 15.7. The first-order valence-corrected chi connectivity index (χ1v) is 9.08. The van der Waals surface area contributed by atoms with Crippen molar-refractivity contribution in [1.82, 2.24) is 9.88 Å². The summed E-state index contributed by atoms with van der Waals surface area (Å²) in [6, 6.07) is 7.45. The number of carbonyl (C=O) groups excluding carboxylic acids is 1. The number of carbonyl (C=O) groups is 2. The molecule has 0 radical (unpaired) electrons. The molecule has 1 N–H and O–H groups in total. The maximum absolute atomic E-state index is 13.0. The zero-order valence-electron chi connectivity index (χ0n) is 14.9. The van der Waals surface area contributed by atoms with Crippen LogP contribution in [0.25, 0.3) is 0 Å². The largest absolute Gasteiger partial charge is 0.481 e. The highest BCUT2D eigenvalue weighted by molar-refractivity contribution is 7.14. The normalized spacial score (nSPS) is 17.3. The molecule has 1 aromatic heterocycles. The van der Waals surface area contributed by atoms with Crippen LogP contribution >= 0.6 is 11.3 Å². The van der Waals surface area contributed by atoms with E-state index in [0.29, 0.717) is 17.1 Å². The maximum Gasteiger partial charge on any atom is 0.312 e. The van der Waals surface area contributed by atoms with Gasteiger partial charge in [0.05, 0.1) is 16.6 Å². The van der Waals surface area contributed by atoms with E-state index in [4.69, 9.17) is 0 Å². The summed E-state index contributed by atoms with van der Waals surface area (Å²) in [5.74, 6) is -1.73. The van der Waals surface area contributed by atoms with Gasteiger partial charge in [-0.2, -0.15) is 0 Å². The van der Waals surface area contributed by atoms with Crippen LogP contribution in [0.1, 0.15) is 58.2 Å². The second kappa shape index (κ2) is 6.26. The molecule has 0 fully saturated rings. The first-order chi connectivity index (χ1) is 11.7. The molecule has 0 saturated carbocycles. The lowest BCUT2D eigenvalue weighted by molar-refractivity contribution is -0.139. The number of aryl methyl sites for hydroxylation is 1. The van der Waals surface area contributed by atoms with Gasteiger partial charge < -0.3 is 10.0 Å². The smallest absolute Gasteiger partial charge is 0.312 e. The average Bonchev–Trinajstić information content (AvgIpc) is 2.95. The van der Waals surface area contributed by atoms with Crippen LogP contribution in [0.4, 0.5) is 0 Å². The minimum atomic E-state index is -0.902. The van der Waals surface area contributed by atoms with Crippen molar-refractivity contribution in [3.05, 3.63) is 51.0 Å². The van der Waals surface area contributed by atoms with Crippen molar-refractivity contribution in [2.24, 2.45) is 0 Å². The van der Waals surface area contributed by atoms with Gasteiger partial charge >= 0.3 is 5.97 Å². The lowest BCUT2D eigenvalue weighted by Crippen LogP contribution is -2.40. The third-order valence-electron chi connectivity index (χ3n) is 4.41. The SMILES string of the molecule is Cc1nc(C(C)(C)C)sc1C(=O)N1Cc2ccccc2C(C(=O)O)C1. The van der Waals surface area contributed by atoms with Crippen molar-refractivity contribution in [1.29, 1.82) is 0 Å². The molecule has 6 heteroatoms. The molecule has 0 saturated heterocycles. The molecule has 0 aliphatic carbocycles. The Bertz CT molecular complexity index is 835.